The number of carbonyl (C=O) groups is 1. The molecule has 0 aliphatic heterocycles. The molecule has 0 aromatic heterocycles. The number of esters is 1. The molecule has 1 saturated carbocycles. The second kappa shape index (κ2) is 5.67. The first-order chi connectivity index (χ1) is 9.71. The summed E-state index contributed by atoms with van der Waals surface area (Å²) in [5.74, 6) is 1.57. The zero-order valence-corrected chi connectivity index (χ0v) is 14.0. The maximum Gasteiger partial charge on any atom is 0.316 e. The van der Waals surface area contributed by atoms with Crippen LogP contribution >= 0.6 is 0 Å². The van der Waals surface area contributed by atoms with Crippen molar-refractivity contribution in [2.75, 3.05) is 0 Å². The number of hydrogen-bond donors (Lipinski definition) is 0. The molecule has 1 aliphatic rings. The van der Waals surface area contributed by atoms with E-state index in [4.69, 9.17) is 4.74 Å². The van der Waals surface area contributed by atoms with Gasteiger partial charge in [0, 0.05) is 5.92 Å². The third-order valence-electron chi connectivity index (χ3n) is 4.02. The Hall–Kier alpha value is -1.57. The predicted octanol–water partition coefficient (Wildman–Crippen LogP) is 4.98. The van der Waals surface area contributed by atoms with E-state index in [1.807, 2.05) is 34.6 Å². The lowest BCUT2D eigenvalue weighted by molar-refractivity contribution is -0.149. The number of aryl methyl sites for hydroxylation is 1. The Morgan fingerprint density at radius 3 is 2.33 bits per heavy atom. The molecule has 0 amide bonds. The maximum atomic E-state index is 12.2. The molecule has 1 aromatic carbocycles. The van der Waals surface area contributed by atoms with Crippen molar-refractivity contribution in [3.05, 3.63) is 46.7 Å². The lowest BCUT2D eigenvalue weighted by Gasteiger charge is -2.19. The van der Waals surface area contributed by atoms with Crippen molar-refractivity contribution in [2.45, 2.75) is 53.9 Å². The summed E-state index contributed by atoms with van der Waals surface area (Å²) in [7, 11) is 0. The Bertz CT molecular complexity index is 571. The second-order valence-electron chi connectivity index (χ2n) is 7.31. The highest BCUT2D eigenvalue weighted by molar-refractivity contribution is 5.76. The van der Waals surface area contributed by atoms with Crippen LogP contribution in [-0.2, 0) is 9.53 Å². The smallest absolute Gasteiger partial charge is 0.316 e. The molecular weight excluding hydrogens is 260 g/mol. The van der Waals surface area contributed by atoms with Crippen LogP contribution in [0.3, 0.4) is 0 Å². The van der Waals surface area contributed by atoms with E-state index >= 15 is 0 Å². The van der Waals surface area contributed by atoms with Crippen molar-refractivity contribution in [3.8, 4) is 0 Å². The number of ether oxygens (including phenoxy) is 1. The Kier molecular flexibility index (Phi) is 4.27. The van der Waals surface area contributed by atoms with E-state index in [2.05, 4.69) is 31.2 Å². The van der Waals surface area contributed by atoms with E-state index in [-0.39, 0.29) is 5.97 Å². The van der Waals surface area contributed by atoms with Crippen LogP contribution < -0.4 is 0 Å². The van der Waals surface area contributed by atoms with Crippen LogP contribution in [0.25, 0.3) is 0 Å². The molecule has 0 unspecified atom stereocenters. The molecule has 1 aromatic rings. The van der Waals surface area contributed by atoms with Gasteiger partial charge < -0.3 is 4.74 Å². The molecule has 0 heterocycles. The van der Waals surface area contributed by atoms with Gasteiger partial charge in [0.15, 0.2) is 0 Å². The Morgan fingerprint density at radius 2 is 1.81 bits per heavy atom. The first kappa shape index (κ1) is 15.8. The summed E-state index contributed by atoms with van der Waals surface area (Å²) in [4.78, 5) is 12.2. The number of benzene rings is 1. The minimum Gasteiger partial charge on any atom is -0.430 e. The molecule has 21 heavy (non-hydrogen) atoms. The third-order valence-corrected chi connectivity index (χ3v) is 4.02. The van der Waals surface area contributed by atoms with Gasteiger partial charge in [-0.25, -0.2) is 0 Å². The minimum atomic E-state index is -0.465. The highest BCUT2D eigenvalue weighted by Crippen LogP contribution is 2.53. The van der Waals surface area contributed by atoms with Crippen molar-refractivity contribution < 1.29 is 9.53 Å². The fourth-order valence-corrected chi connectivity index (χ4v) is 2.63. The van der Waals surface area contributed by atoms with Crippen LogP contribution in [0.2, 0.25) is 0 Å². The molecule has 1 aliphatic carbocycles. The van der Waals surface area contributed by atoms with Gasteiger partial charge in [-0.2, -0.15) is 0 Å². The third kappa shape index (κ3) is 3.55. The number of allylic oxidation sites excluding steroid dienone is 2. The van der Waals surface area contributed by atoms with Gasteiger partial charge in [-0.3, -0.25) is 4.79 Å². The van der Waals surface area contributed by atoms with Crippen molar-refractivity contribution in [1.29, 1.82) is 0 Å². The highest BCUT2D eigenvalue weighted by Gasteiger charge is 2.44. The fourth-order valence-electron chi connectivity index (χ4n) is 2.63. The quantitative estimate of drug-likeness (QED) is 0.578. The van der Waals surface area contributed by atoms with Gasteiger partial charge in [-0.1, -0.05) is 24.3 Å². The molecular formula is C19H26O2. The summed E-state index contributed by atoms with van der Waals surface area (Å²) in [5.41, 5.74) is 3.34. The van der Waals surface area contributed by atoms with E-state index in [0.29, 0.717) is 11.8 Å². The fraction of sp³-hybridized carbons (Fsp3) is 0.526. The molecule has 0 saturated heterocycles. The standard InChI is InChI=1S/C19H26O2/c1-12(2)17(21-18(20)19(4,5)6)16-11-15(16)14-10-8-7-9-13(14)3/h7-10,15-16H,11H2,1-6H3/t15-,16-/m1/s1. The van der Waals surface area contributed by atoms with Crippen LogP contribution in [-0.4, -0.2) is 5.97 Å². The van der Waals surface area contributed by atoms with Crippen molar-refractivity contribution in [3.63, 3.8) is 0 Å². The number of hydrogen-bond acceptors (Lipinski definition) is 2. The predicted molar refractivity (Wildman–Crippen MR) is 85.9 cm³/mol. The molecule has 0 spiro atoms. The van der Waals surface area contributed by atoms with Crippen molar-refractivity contribution in [1.82, 2.24) is 0 Å². The SMILES string of the molecule is CC(C)=C(OC(=O)C(C)(C)C)[C@@H]1C[C@@H]1c1ccccc1C. The van der Waals surface area contributed by atoms with Crippen LogP contribution in [0.15, 0.2) is 35.6 Å². The first-order valence-corrected chi connectivity index (χ1v) is 7.67. The monoisotopic (exact) mass is 286 g/mol. The molecule has 2 nitrogen and oxygen atoms in total. The molecule has 2 heteroatoms. The Labute approximate surface area is 128 Å². The normalized spacial score (nSPS) is 20.9. The lowest BCUT2D eigenvalue weighted by Crippen LogP contribution is -2.23. The topological polar surface area (TPSA) is 26.3 Å². The van der Waals surface area contributed by atoms with Crippen LogP contribution in [0, 0.1) is 18.3 Å². The van der Waals surface area contributed by atoms with Gasteiger partial charge in [-0.15, -0.1) is 0 Å². The van der Waals surface area contributed by atoms with Crippen molar-refractivity contribution >= 4 is 5.97 Å². The minimum absolute atomic E-state index is 0.144. The van der Waals surface area contributed by atoms with Crippen LogP contribution in [0.5, 0.6) is 0 Å². The van der Waals surface area contributed by atoms with Gasteiger partial charge in [0.25, 0.3) is 0 Å². The van der Waals surface area contributed by atoms with E-state index in [1.54, 1.807) is 0 Å². The Balaban J connectivity index is 2.16. The Morgan fingerprint density at radius 1 is 1.19 bits per heavy atom. The van der Waals surface area contributed by atoms with Gasteiger partial charge in [0.2, 0.25) is 0 Å². The van der Waals surface area contributed by atoms with E-state index in [0.717, 1.165) is 17.8 Å². The van der Waals surface area contributed by atoms with Gasteiger partial charge >= 0.3 is 5.97 Å². The number of rotatable bonds is 3. The van der Waals surface area contributed by atoms with Crippen LogP contribution in [0.4, 0.5) is 0 Å². The second-order valence-corrected chi connectivity index (χ2v) is 7.31. The highest BCUT2D eigenvalue weighted by atomic mass is 16.5. The maximum absolute atomic E-state index is 12.2. The zero-order valence-electron chi connectivity index (χ0n) is 14.0. The van der Waals surface area contributed by atoms with Gasteiger partial charge in [0.05, 0.1) is 5.41 Å². The molecule has 0 radical (unpaired) electrons. The summed E-state index contributed by atoms with van der Waals surface area (Å²) in [6.07, 6.45) is 1.07. The average Bonchev–Trinajstić information content (AvgIpc) is 3.14. The summed E-state index contributed by atoms with van der Waals surface area (Å²) >= 11 is 0. The molecule has 0 N–H and O–H groups in total. The van der Waals surface area contributed by atoms with E-state index in [9.17, 15) is 4.79 Å². The van der Waals surface area contributed by atoms with Gasteiger partial charge in [-0.05, 0) is 70.6 Å². The number of carbonyl (C=O) groups excluding carboxylic acids is 1. The molecule has 1 fully saturated rings. The van der Waals surface area contributed by atoms with Crippen LogP contribution in [0.1, 0.15) is 58.1 Å². The molecule has 114 valence electrons. The molecule has 2 atom stereocenters. The molecule has 2 rings (SSSR count). The van der Waals surface area contributed by atoms with Gasteiger partial charge in [0.1, 0.15) is 5.76 Å². The average molecular weight is 286 g/mol. The zero-order chi connectivity index (χ0) is 15.8. The summed E-state index contributed by atoms with van der Waals surface area (Å²) < 4.78 is 5.73. The molecule has 0 bridgehead atoms. The van der Waals surface area contributed by atoms with Crippen molar-refractivity contribution in [2.24, 2.45) is 11.3 Å². The summed E-state index contributed by atoms with van der Waals surface area (Å²) in [6.45, 7) is 11.9. The first-order valence-electron chi connectivity index (χ1n) is 7.67. The lowest BCUT2D eigenvalue weighted by atomic mass is 9.97. The summed E-state index contributed by atoms with van der Waals surface area (Å²) in [6, 6.07) is 8.49. The largest absolute Gasteiger partial charge is 0.430 e. The van der Waals surface area contributed by atoms with E-state index < -0.39 is 5.41 Å². The summed E-state index contributed by atoms with van der Waals surface area (Å²) in [5, 5.41) is 0. The van der Waals surface area contributed by atoms with E-state index in [1.165, 1.54) is 11.1 Å².